The Bertz CT molecular complexity index is 820. The summed E-state index contributed by atoms with van der Waals surface area (Å²) in [4.78, 5) is 36.2. The Hall–Kier alpha value is -3.19. The van der Waals surface area contributed by atoms with Gasteiger partial charge in [0.15, 0.2) is 0 Å². The van der Waals surface area contributed by atoms with Crippen LogP contribution >= 0.6 is 0 Å². The van der Waals surface area contributed by atoms with Crippen molar-refractivity contribution in [2.75, 3.05) is 18.5 Å². The van der Waals surface area contributed by atoms with Crippen LogP contribution < -0.4 is 16.0 Å². The molecular weight excluding hydrogens is 346 g/mol. The summed E-state index contributed by atoms with van der Waals surface area (Å²) in [5.41, 5.74) is 2.58. The van der Waals surface area contributed by atoms with Gasteiger partial charge < -0.3 is 21.1 Å². The van der Waals surface area contributed by atoms with Crippen molar-refractivity contribution >= 4 is 23.4 Å². The molecule has 0 atom stereocenters. The highest BCUT2D eigenvalue weighted by molar-refractivity contribution is 6.40. The van der Waals surface area contributed by atoms with Crippen LogP contribution in [0.1, 0.15) is 27.9 Å². The third kappa shape index (κ3) is 6.23. The zero-order chi connectivity index (χ0) is 19.6. The van der Waals surface area contributed by atoms with Crippen molar-refractivity contribution in [3.05, 3.63) is 65.2 Å². The number of aliphatic hydroxyl groups is 1. The topological polar surface area (TPSA) is 108 Å². The zero-order valence-electron chi connectivity index (χ0n) is 15.1. The average molecular weight is 369 g/mol. The van der Waals surface area contributed by atoms with Crippen LogP contribution in [-0.2, 0) is 16.1 Å². The van der Waals surface area contributed by atoms with Gasteiger partial charge in [0.2, 0.25) is 0 Å². The number of rotatable bonds is 7. The van der Waals surface area contributed by atoms with Gasteiger partial charge in [-0.25, -0.2) is 0 Å². The second kappa shape index (κ2) is 10.1. The van der Waals surface area contributed by atoms with Gasteiger partial charge in [-0.05, 0) is 31.0 Å². The van der Waals surface area contributed by atoms with Crippen LogP contribution in [0.2, 0.25) is 0 Å². The molecule has 0 saturated heterocycles. The lowest BCUT2D eigenvalue weighted by atomic mass is 10.1. The number of anilines is 1. The second-order valence-electron chi connectivity index (χ2n) is 6.00. The highest BCUT2D eigenvalue weighted by Gasteiger charge is 2.17. The molecule has 0 aliphatic heterocycles. The summed E-state index contributed by atoms with van der Waals surface area (Å²) >= 11 is 0. The monoisotopic (exact) mass is 369 g/mol. The number of aryl methyl sites for hydroxylation is 1. The van der Waals surface area contributed by atoms with Gasteiger partial charge in [-0.1, -0.05) is 42.0 Å². The molecule has 0 radical (unpaired) electrons. The van der Waals surface area contributed by atoms with Crippen LogP contribution in [-0.4, -0.2) is 36.0 Å². The minimum absolute atomic E-state index is 0.0775. The number of para-hydroxylation sites is 1. The smallest absolute Gasteiger partial charge is 0.313 e. The van der Waals surface area contributed by atoms with Gasteiger partial charge in [-0.3, -0.25) is 14.4 Å². The molecule has 0 spiro atoms. The van der Waals surface area contributed by atoms with E-state index in [0.29, 0.717) is 13.0 Å². The summed E-state index contributed by atoms with van der Waals surface area (Å²) in [5.74, 6) is -2.04. The molecule has 0 aliphatic rings. The minimum Gasteiger partial charge on any atom is -0.396 e. The maximum atomic E-state index is 12.5. The van der Waals surface area contributed by atoms with Crippen LogP contribution in [0.25, 0.3) is 0 Å². The molecule has 7 nitrogen and oxygen atoms in total. The molecule has 3 amide bonds. The van der Waals surface area contributed by atoms with E-state index in [0.717, 1.165) is 11.1 Å². The molecule has 0 fully saturated rings. The van der Waals surface area contributed by atoms with Crippen LogP contribution in [0.15, 0.2) is 48.5 Å². The Morgan fingerprint density at radius 2 is 1.74 bits per heavy atom. The Morgan fingerprint density at radius 3 is 2.48 bits per heavy atom. The van der Waals surface area contributed by atoms with Crippen molar-refractivity contribution in [2.24, 2.45) is 0 Å². The number of hydrogen-bond acceptors (Lipinski definition) is 4. The summed E-state index contributed by atoms with van der Waals surface area (Å²) in [6.07, 6.45) is 0.358. The van der Waals surface area contributed by atoms with Crippen LogP contribution in [0.4, 0.5) is 5.69 Å². The Kier molecular flexibility index (Phi) is 7.51. The van der Waals surface area contributed by atoms with E-state index in [4.69, 9.17) is 5.11 Å². The van der Waals surface area contributed by atoms with Crippen molar-refractivity contribution in [3.63, 3.8) is 0 Å². The fraction of sp³-hybridized carbons (Fsp3) is 0.250. The summed E-state index contributed by atoms with van der Waals surface area (Å²) in [7, 11) is 0. The SMILES string of the molecule is Cc1cccc(CNC(=O)c2ccccc2NC(=O)C(=O)NCCCO)c1. The maximum Gasteiger partial charge on any atom is 0.313 e. The highest BCUT2D eigenvalue weighted by Crippen LogP contribution is 2.15. The number of carbonyl (C=O) groups is 3. The standard InChI is InChI=1S/C20H23N3O4/c1-14-6-4-7-15(12-14)13-22-18(25)16-8-2-3-9-17(16)23-20(27)19(26)21-10-5-11-24/h2-4,6-9,12,24H,5,10-11,13H2,1H3,(H,21,26)(H,22,25)(H,23,27). The van der Waals surface area contributed by atoms with Crippen molar-refractivity contribution in [1.82, 2.24) is 10.6 Å². The van der Waals surface area contributed by atoms with E-state index in [-0.39, 0.29) is 30.3 Å². The highest BCUT2D eigenvalue weighted by atomic mass is 16.3. The summed E-state index contributed by atoms with van der Waals surface area (Å²) in [5, 5.41) is 16.4. The molecule has 0 saturated carbocycles. The van der Waals surface area contributed by atoms with Gasteiger partial charge in [0.1, 0.15) is 0 Å². The molecule has 7 heteroatoms. The van der Waals surface area contributed by atoms with Crippen molar-refractivity contribution in [3.8, 4) is 0 Å². The van der Waals surface area contributed by atoms with Crippen LogP contribution in [0.3, 0.4) is 0 Å². The van der Waals surface area contributed by atoms with Gasteiger partial charge in [0, 0.05) is 19.7 Å². The Labute approximate surface area is 157 Å². The van der Waals surface area contributed by atoms with Gasteiger partial charge in [0.05, 0.1) is 11.3 Å². The van der Waals surface area contributed by atoms with Crippen molar-refractivity contribution < 1.29 is 19.5 Å². The lowest BCUT2D eigenvalue weighted by Crippen LogP contribution is -2.36. The molecule has 0 aromatic heterocycles. The number of aliphatic hydroxyl groups excluding tert-OH is 1. The first-order valence-corrected chi connectivity index (χ1v) is 8.64. The molecule has 2 rings (SSSR count). The molecule has 0 bridgehead atoms. The molecule has 27 heavy (non-hydrogen) atoms. The minimum atomic E-state index is -0.869. The Balaban J connectivity index is 2.00. The quantitative estimate of drug-likeness (QED) is 0.437. The number of hydrogen-bond donors (Lipinski definition) is 4. The van der Waals surface area contributed by atoms with Gasteiger partial charge >= 0.3 is 11.8 Å². The molecule has 0 heterocycles. The first kappa shape index (κ1) is 20.1. The van der Waals surface area contributed by atoms with E-state index in [1.165, 1.54) is 0 Å². The average Bonchev–Trinajstić information content (AvgIpc) is 2.66. The van der Waals surface area contributed by atoms with E-state index in [1.807, 2.05) is 31.2 Å². The molecule has 0 aliphatic carbocycles. The third-order valence-electron chi connectivity index (χ3n) is 3.78. The van der Waals surface area contributed by atoms with Crippen molar-refractivity contribution in [2.45, 2.75) is 19.9 Å². The summed E-state index contributed by atoms with van der Waals surface area (Å²) < 4.78 is 0. The Morgan fingerprint density at radius 1 is 0.963 bits per heavy atom. The van der Waals surface area contributed by atoms with E-state index >= 15 is 0 Å². The number of nitrogens with one attached hydrogen (secondary N) is 3. The van der Waals surface area contributed by atoms with Crippen LogP contribution in [0.5, 0.6) is 0 Å². The third-order valence-corrected chi connectivity index (χ3v) is 3.78. The van der Waals surface area contributed by atoms with Gasteiger partial charge in [-0.2, -0.15) is 0 Å². The maximum absolute atomic E-state index is 12.5. The molecule has 2 aromatic carbocycles. The van der Waals surface area contributed by atoms with E-state index in [1.54, 1.807) is 24.3 Å². The van der Waals surface area contributed by atoms with Gasteiger partial charge in [-0.15, -0.1) is 0 Å². The first-order valence-electron chi connectivity index (χ1n) is 8.64. The predicted molar refractivity (Wildman–Crippen MR) is 102 cm³/mol. The van der Waals surface area contributed by atoms with Crippen molar-refractivity contribution in [1.29, 1.82) is 0 Å². The molecule has 4 N–H and O–H groups in total. The largest absolute Gasteiger partial charge is 0.396 e. The molecule has 142 valence electrons. The summed E-state index contributed by atoms with van der Waals surface area (Å²) in [6, 6.07) is 14.3. The fourth-order valence-corrected chi connectivity index (χ4v) is 2.43. The van der Waals surface area contributed by atoms with E-state index in [9.17, 15) is 14.4 Å². The molecular formula is C20H23N3O4. The second-order valence-corrected chi connectivity index (χ2v) is 6.00. The lowest BCUT2D eigenvalue weighted by molar-refractivity contribution is -0.136. The lowest BCUT2D eigenvalue weighted by Gasteiger charge is -2.12. The zero-order valence-corrected chi connectivity index (χ0v) is 15.1. The van der Waals surface area contributed by atoms with Gasteiger partial charge in [0.25, 0.3) is 5.91 Å². The number of amides is 3. The number of benzene rings is 2. The first-order chi connectivity index (χ1) is 13.0. The summed E-state index contributed by atoms with van der Waals surface area (Å²) in [6.45, 7) is 2.44. The predicted octanol–water partition coefficient (Wildman–Crippen LogP) is 1.36. The van der Waals surface area contributed by atoms with E-state index < -0.39 is 11.8 Å². The fourth-order valence-electron chi connectivity index (χ4n) is 2.43. The normalized spacial score (nSPS) is 10.1. The van der Waals surface area contributed by atoms with E-state index in [2.05, 4.69) is 16.0 Å². The molecule has 0 unspecified atom stereocenters. The van der Waals surface area contributed by atoms with Crippen LogP contribution in [0, 0.1) is 6.92 Å². The molecule has 2 aromatic rings. The number of carbonyl (C=O) groups excluding carboxylic acids is 3.